The van der Waals surface area contributed by atoms with Crippen LogP contribution < -0.4 is 0 Å². The molecule has 152 valence electrons. The molecule has 1 saturated heterocycles. The van der Waals surface area contributed by atoms with Gasteiger partial charge in [-0.05, 0) is 36.6 Å². The Kier molecular flexibility index (Phi) is 5.17. The summed E-state index contributed by atoms with van der Waals surface area (Å²) in [6, 6.07) is 12.7. The van der Waals surface area contributed by atoms with E-state index < -0.39 is 11.7 Å². The third kappa shape index (κ3) is 4.36. The number of nitrogens with zero attached hydrogens (tertiary/aromatic N) is 2. The molecule has 8 heteroatoms. The van der Waals surface area contributed by atoms with Gasteiger partial charge in [-0.15, -0.1) is 0 Å². The van der Waals surface area contributed by atoms with Gasteiger partial charge < -0.3 is 14.1 Å². The van der Waals surface area contributed by atoms with Crippen molar-refractivity contribution in [2.24, 2.45) is 0 Å². The predicted molar refractivity (Wildman–Crippen MR) is 99.2 cm³/mol. The van der Waals surface area contributed by atoms with E-state index in [1.807, 2.05) is 30.3 Å². The number of carbonyl (C=O) groups excluding carboxylic acids is 1. The number of alkyl halides is 3. The minimum Gasteiger partial charge on any atom is -0.445 e. The number of likely N-dealkylation sites (tertiary alicyclic amines) is 1. The van der Waals surface area contributed by atoms with Gasteiger partial charge in [0.05, 0.1) is 5.56 Å². The number of hydrogen-bond donors (Lipinski definition) is 0. The van der Waals surface area contributed by atoms with Crippen LogP contribution in [0.4, 0.5) is 18.0 Å². The van der Waals surface area contributed by atoms with Crippen molar-refractivity contribution in [3.8, 4) is 0 Å². The zero-order valence-corrected chi connectivity index (χ0v) is 15.5. The topological polar surface area (TPSA) is 55.6 Å². The molecule has 1 fully saturated rings. The van der Waals surface area contributed by atoms with E-state index in [4.69, 9.17) is 9.15 Å². The number of piperidine rings is 1. The van der Waals surface area contributed by atoms with Crippen LogP contribution in [0.2, 0.25) is 0 Å². The molecule has 1 aliphatic heterocycles. The second-order valence-corrected chi connectivity index (χ2v) is 7.03. The number of carbonyl (C=O) groups is 1. The predicted octanol–water partition coefficient (Wildman–Crippen LogP) is 5.36. The number of fused-ring (bicyclic) bond motifs is 1. The van der Waals surface area contributed by atoms with Crippen LogP contribution in [-0.2, 0) is 17.5 Å². The number of aromatic nitrogens is 1. The van der Waals surface area contributed by atoms with Gasteiger partial charge in [0.2, 0.25) is 0 Å². The van der Waals surface area contributed by atoms with Crippen LogP contribution >= 0.6 is 0 Å². The fraction of sp³-hybridized carbons (Fsp3) is 0.333. The summed E-state index contributed by atoms with van der Waals surface area (Å²) in [5, 5.41) is 0. The van der Waals surface area contributed by atoms with Gasteiger partial charge in [-0.3, -0.25) is 0 Å². The van der Waals surface area contributed by atoms with E-state index >= 15 is 0 Å². The molecule has 1 amide bonds. The number of benzene rings is 2. The average molecular weight is 404 g/mol. The molecule has 1 aliphatic rings. The highest BCUT2D eigenvalue weighted by Gasteiger charge is 2.32. The monoisotopic (exact) mass is 404 g/mol. The van der Waals surface area contributed by atoms with Gasteiger partial charge in [0.15, 0.2) is 11.5 Å². The molecule has 4 rings (SSSR count). The number of ether oxygens (including phenoxy) is 1. The number of amides is 1. The first-order chi connectivity index (χ1) is 13.9. The Morgan fingerprint density at radius 1 is 1.14 bits per heavy atom. The van der Waals surface area contributed by atoms with Crippen molar-refractivity contribution in [3.05, 3.63) is 65.5 Å². The largest absolute Gasteiger partial charge is 0.445 e. The summed E-state index contributed by atoms with van der Waals surface area (Å²) in [5.74, 6) is 0.367. The van der Waals surface area contributed by atoms with Crippen LogP contribution in [0.1, 0.15) is 35.8 Å². The maximum absolute atomic E-state index is 12.9. The molecule has 0 saturated carbocycles. The van der Waals surface area contributed by atoms with Gasteiger partial charge >= 0.3 is 12.3 Å². The van der Waals surface area contributed by atoms with Gasteiger partial charge in [-0.25, -0.2) is 9.78 Å². The first kappa shape index (κ1) is 19.3. The Morgan fingerprint density at radius 3 is 2.55 bits per heavy atom. The van der Waals surface area contributed by atoms with Crippen molar-refractivity contribution in [2.75, 3.05) is 13.1 Å². The first-order valence-electron chi connectivity index (χ1n) is 9.33. The third-order valence-electron chi connectivity index (χ3n) is 5.04. The molecular formula is C21H19F3N2O3. The molecular weight excluding hydrogens is 385 g/mol. The van der Waals surface area contributed by atoms with Crippen LogP contribution in [-0.4, -0.2) is 29.1 Å². The van der Waals surface area contributed by atoms with Crippen LogP contribution in [0.3, 0.4) is 0 Å². The molecule has 0 unspecified atom stereocenters. The summed E-state index contributed by atoms with van der Waals surface area (Å²) >= 11 is 0. The molecule has 0 aliphatic carbocycles. The molecule has 3 aromatic rings. The second-order valence-electron chi connectivity index (χ2n) is 7.03. The van der Waals surface area contributed by atoms with Crippen molar-refractivity contribution >= 4 is 17.2 Å². The fourth-order valence-electron chi connectivity index (χ4n) is 3.42. The Balaban J connectivity index is 1.36. The molecule has 2 aromatic carbocycles. The van der Waals surface area contributed by atoms with E-state index in [-0.39, 0.29) is 24.1 Å². The molecule has 0 bridgehead atoms. The van der Waals surface area contributed by atoms with Crippen LogP contribution in [0.25, 0.3) is 11.1 Å². The Morgan fingerprint density at radius 2 is 1.86 bits per heavy atom. The lowest BCUT2D eigenvalue weighted by molar-refractivity contribution is -0.137. The van der Waals surface area contributed by atoms with E-state index in [1.54, 1.807) is 4.90 Å². The fourth-order valence-corrected chi connectivity index (χ4v) is 3.42. The van der Waals surface area contributed by atoms with Crippen molar-refractivity contribution < 1.29 is 27.1 Å². The molecule has 0 N–H and O–H groups in total. The summed E-state index contributed by atoms with van der Waals surface area (Å²) in [7, 11) is 0. The van der Waals surface area contributed by atoms with Gasteiger partial charge in [-0.2, -0.15) is 13.2 Å². The lowest BCUT2D eigenvalue weighted by Crippen LogP contribution is -2.38. The molecule has 5 nitrogen and oxygen atoms in total. The number of rotatable bonds is 3. The Labute approximate surface area is 165 Å². The molecule has 1 aromatic heterocycles. The molecule has 0 radical (unpaired) electrons. The third-order valence-corrected chi connectivity index (χ3v) is 5.04. The van der Waals surface area contributed by atoms with Gasteiger partial charge in [-0.1, -0.05) is 30.3 Å². The van der Waals surface area contributed by atoms with E-state index in [2.05, 4.69) is 4.98 Å². The van der Waals surface area contributed by atoms with Crippen molar-refractivity contribution in [2.45, 2.75) is 31.5 Å². The number of oxazole rings is 1. The molecule has 2 heterocycles. The molecule has 0 atom stereocenters. The van der Waals surface area contributed by atoms with Gasteiger partial charge in [0.1, 0.15) is 12.1 Å². The maximum atomic E-state index is 12.9. The van der Waals surface area contributed by atoms with Crippen molar-refractivity contribution in [3.63, 3.8) is 0 Å². The highest BCUT2D eigenvalue weighted by molar-refractivity contribution is 5.73. The molecule has 29 heavy (non-hydrogen) atoms. The zero-order valence-electron chi connectivity index (χ0n) is 15.5. The minimum absolute atomic E-state index is 0.0464. The average Bonchev–Trinajstić information content (AvgIpc) is 3.16. The minimum atomic E-state index is -4.42. The van der Waals surface area contributed by atoms with Crippen molar-refractivity contribution in [1.82, 2.24) is 9.88 Å². The van der Waals surface area contributed by atoms with Gasteiger partial charge in [0, 0.05) is 19.0 Å². The van der Waals surface area contributed by atoms with Crippen LogP contribution in [0, 0.1) is 0 Å². The lowest BCUT2D eigenvalue weighted by atomic mass is 9.97. The quantitative estimate of drug-likeness (QED) is 0.590. The SMILES string of the molecule is O=C(OCc1ccccc1)N1CCC(c2nc3cc(C(F)(F)F)ccc3o2)CC1. The van der Waals surface area contributed by atoms with E-state index in [0.29, 0.717) is 37.4 Å². The summed E-state index contributed by atoms with van der Waals surface area (Å²) in [6.45, 7) is 1.17. The van der Waals surface area contributed by atoms with E-state index in [1.165, 1.54) is 6.07 Å². The first-order valence-corrected chi connectivity index (χ1v) is 9.33. The lowest BCUT2D eigenvalue weighted by Gasteiger charge is -2.29. The zero-order chi connectivity index (χ0) is 20.4. The smallest absolute Gasteiger partial charge is 0.416 e. The van der Waals surface area contributed by atoms with Crippen LogP contribution in [0.5, 0.6) is 0 Å². The highest BCUT2D eigenvalue weighted by atomic mass is 19.4. The second kappa shape index (κ2) is 7.77. The van der Waals surface area contributed by atoms with Crippen molar-refractivity contribution in [1.29, 1.82) is 0 Å². The maximum Gasteiger partial charge on any atom is 0.416 e. The highest BCUT2D eigenvalue weighted by Crippen LogP contribution is 2.34. The summed E-state index contributed by atoms with van der Waals surface area (Å²) in [4.78, 5) is 18.1. The number of hydrogen-bond acceptors (Lipinski definition) is 4. The number of halogens is 3. The Hall–Kier alpha value is -3.03. The standard InChI is InChI=1S/C21H19F3N2O3/c22-21(23,24)16-6-7-18-17(12-16)25-19(29-18)15-8-10-26(11-9-15)20(27)28-13-14-4-2-1-3-5-14/h1-7,12,15H,8-11,13H2. The van der Waals surface area contributed by atoms with E-state index in [0.717, 1.165) is 17.7 Å². The summed E-state index contributed by atoms with van der Waals surface area (Å²) < 4.78 is 49.6. The summed E-state index contributed by atoms with van der Waals surface area (Å²) in [5.41, 5.74) is 0.693. The molecule has 0 spiro atoms. The normalized spacial score (nSPS) is 15.6. The van der Waals surface area contributed by atoms with Gasteiger partial charge in [0.25, 0.3) is 0 Å². The summed E-state index contributed by atoms with van der Waals surface area (Å²) in [6.07, 6.45) is -3.57. The Bertz CT molecular complexity index is 993. The van der Waals surface area contributed by atoms with Crippen LogP contribution in [0.15, 0.2) is 52.9 Å². The van der Waals surface area contributed by atoms with E-state index in [9.17, 15) is 18.0 Å².